The van der Waals surface area contributed by atoms with Gasteiger partial charge in [0.25, 0.3) is 0 Å². The van der Waals surface area contributed by atoms with E-state index in [1.807, 2.05) is 6.08 Å². The molecule has 0 spiro atoms. The second kappa shape index (κ2) is 53.9. The molecule has 1 amide bonds. The molecular weight excluding hydrogens is 943 g/mol. The first-order valence-electron chi connectivity index (χ1n) is 31.8. The monoisotopic (exact) mass is 1060 g/mol. The predicted molar refractivity (Wildman–Crippen MR) is 311 cm³/mol. The van der Waals surface area contributed by atoms with Crippen LogP contribution in [0, 0.1) is 0 Å². The fraction of sp³-hybridized carbons (Fsp3) is 0.875. The molecule has 0 radical (unpaired) electrons. The van der Waals surface area contributed by atoms with E-state index in [0.29, 0.717) is 19.4 Å². The van der Waals surface area contributed by atoms with Crippen LogP contribution in [0.3, 0.4) is 0 Å². The van der Waals surface area contributed by atoms with Crippen molar-refractivity contribution in [1.82, 2.24) is 5.32 Å². The summed E-state index contributed by atoms with van der Waals surface area (Å²) in [5.74, 6) is -0.192. The quantitative estimate of drug-likeness (QED) is 0.0195. The van der Waals surface area contributed by atoms with Crippen molar-refractivity contribution in [3.8, 4) is 0 Å². The summed E-state index contributed by atoms with van der Waals surface area (Å²) in [7, 11) is 0. The van der Waals surface area contributed by atoms with E-state index in [0.717, 1.165) is 57.8 Å². The van der Waals surface area contributed by atoms with Crippen LogP contribution in [-0.4, -0.2) is 100 Å². The second-order valence-electron chi connectivity index (χ2n) is 22.1. The number of allylic oxidation sites excluding steroid dienone is 5. The highest BCUT2D eigenvalue weighted by Gasteiger charge is 2.44. The van der Waals surface area contributed by atoms with Gasteiger partial charge < -0.3 is 45.1 Å². The van der Waals surface area contributed by atoms with Crippen molar-refractivity contribution >= 4 is 11.9 Å². The number of aliphatic hydroxyl groups is 5. The van der Waals surface area contributed by atoms with Crippen LogP contribution in [0.2, 0.25) is 0 Å². The lowest BCUT2D eigenvalue weighted by atomic mass is 9.99. The molecule has 0 saturated carbocycles. The Kier molecular flexibility index (Phi) is 50.9. The molecule has 0 bridgehead atoms. The predicted octanol–water partition coefficient (Wildman–Crippen LogP) is 15.1. The van der Waals surface area contributed by atoms with Gasteiger partial charge in [-0.05, 0) is 83.5 Å². The van der Waals surface area contributed by atoms with E-state index < -0.39 is 49.5 Å². The summed E-state index contributed by atoms with van der Waals surface area (Å²) in [6, 6.07) is -0.810. The summed E-state index contributed by atoms with van der Waals surface area (Å²) in [6.07, 6.45) is 57.0. The molecule has 11 nitrogen and oxygen atoms in total. The van der Waals surface area contributed by atoms with Crippen molar-refractivity contribution in [3.05, 3.63) is 36.5 Å². The number of amides is 1. The molecule has 1 saturated heterocycles. The zero-order chi connectivity index (χ0) is 54.5. The van der Waals surface area contributed by atoms with Crippen molar-refractivity contribution < 1.29 is 49.3 Å². The standard InChI is InChI=1S/C64H119NO10/c1-3-5-7-9-11-13-14-32-36-40-44-48-52-60(69)73-53-49-45-41-37-33-30-28-26-24-22-20-18-16-15-17-19-21-23-25-27-29-31-35-39-43-47-51-59(68)65-56(57(67)50-46-42-38-34-12-10-8-6-4-2)55-74-64-63(72)62(71)61(70)58(54-66)75-64/h11,13,15,17,46,50,56-58,61-64,66-67,70-72H,3-10,12,14,16,18-45,47-49,51-55H2,1-2H3,(H,65,68)/b13-11-,17-15-,50-46+. The molecule has 11 heteroatoms. The average Bonchev–Trinajstić information content (AvgIpc) is 3.41. The molecule has 1 heterocycles. The Hall–Kier alpha value is -2.12. The summed E-state index contributed by atoms with van der Waals surface area (Å²) in [4.78, 5) is 25.0. The zero-order valence-electron chi connectivity index (χ0n) is 48.5. The normalized spacial score (nSPS) is 18.9. The Labute approximate surface area is 460 Å². The molecule has 7 atom stereocenters. The van der Waals surface area contributed by atoms with Crippen molar-refractivity contribution in [3.63, 3.8) is 0 Å². The lowest BCUT2D eigenvalue weighted by molar-refractivity contribution is -0.302. The summed E-state index contributed by atoms with van der Waals surface area (Å²) >= 11 is 0. The number of rotatable bonds is 55. The number of esters is 1. The van der Waals surface area contributed by atoms with Gasteiger partial charge >= 0.3 is 5.97 Å². The fourth-order valence-corrected chi connectivity index (χ4v) is 9.89. The first-order chi connectivity index (χ1) is 36.7. The van der Waals surface area contributed by atoms with Gasteiger partial charge in [0.15, 0.2) is 6.29 Å². The van der Waals surface area contributed by atoms with Gasteiger partial charge in [0.2, 0.25) is 5.91 Å². The molecule has 0 aromatic carbocycles. The number of aliphatic hydroxyl groups excluding tert-OH is 5. The van der Waals surface area contributed by atoms with Gasteiger partial charge in [-0.1, -0.05) is 237 Å². The number of nitrogens with one attached hydrogen (secondary N) is 1. The summed E-state index contributed by atoms with van der Waals surface area (Å²) in [5, 5.41) is 54.2. The minimum atomic E-state index is -1.57. The van der Waals surface area contributed by atoms with E-state index in [9.17, 15) is 35.1 Å². The highest BCUT2D eigenvalue weighted by molar-refractivity contribution is 5.76. The van der Waals surface area contributed by atoms with Crippen LogP contribution < -0.4 is 5.32 Å². The third-order valence-electron chi connectivity index (χ3n) is 15.0. The van der Waals surface area contributed by atoms with Crippen molar-refractivity contribution in [2.75, 3.05) is 19.8 Å². The largest absolute Gasteiger partial charge is 0.466 e. The molecule has 6 N–H and O–H groups in total. The zero-order valence-corrected chi connectivity index (χ0v) is 48.5. The number of unbranched alkanes of at least 4 members (excludes halogenated alkanes) is 37. The molecule has 0 aromatic rings. The van der Waals surface area contributed by atoms with Crippen LogP contribution in [0.15, 0.2) is 36.5 Å². The van der Waals surface area contributed by atoms with Gasteiger partial charge in [-0.3, -0.25) is 9.59 Å². The van der Waals surface area contributed by atoms with Gasteiger partial charge in [0, 0.05) is 12.8 Å². The molecule has 1 rings (SSSR count). The minimum absolute atomic E-state index is 0.00608. The summed E-state index contributed by atoms with van der Waals surface area (Å²) in [6.45, 7) is 4.30. The van der Waals surface area contributed by atoms with E-state index in [1.54, 1.807) is 6.08 Å². The number of carbonyl (C=O) groups excluding carboxylic acids is 2. The average molecular weight is 1060 g/mol. The highest BCUT2D eigenvalue weighted by atomic mass is 16.7. The SMILES string of the molecule is CCCCC/C=C\CCCCCCCC(=O)OCCCCCCCCCCCCCC/C=C\CCCCCCCCCCCCC(=O)NC(COC1OC(CO)C(O)C(O)C1O)C(O)/C=C/CCCCCCCCC. The lowest BCUT2D eigenvalue weighted by Crippen LogP contribution is -2.60. The summed E-state index contributed by atoms with van der Waals surface area (Å²) in [5.41, 5.74) is 0. The van der Waals surface area contributed by atoms with Crippen LogP contribution >= 0.6 is 0 Å². The smallest absolute Gasteiger partial charge is 0.305 e. The Morgan fingerprint density at radius 3 is 1.31 bits per heavy atom. The van der Waals surface area contributed by atoms with Crippen LogP contribution in [0.4, 0.5) is 0 Å². The molecular formula is C64H119NO10. The van der Waals surface area contributed by atoms with Crippen molar-refractivity contribution in [2.45, 2.75) is 339 Å². The number of carbonyl (C=O) groups is 2. The van der Waals surface area contributed by atoms with Gasteiger partial charge in [-0.15, -0.1) is 0 Å². The Morgan fingerprint density at radius 2 is 0.853 bits per heavy atom. The molecule has 1 aliphatic heterocycles. The van der Waals surface area contributed by atoms with E-state index in [4.69, 9.17) is 14.2 Å². The Morgan fingerprint density at radius 1 is 0.480 bits per heavy atom. The van der Waals surface area contributed by atoms with E-state index >= 15 is 0 Å². The maximum absolute atomic E-state index is 13.0. The van der Waals surface area contributed by atoms with Crippen molar-refractivity contribution in [1.29, 1.82) is 0 Å². The third kappa shape index (κ3) is 43.4. The first-order valence-corrected chi connectivity index (χ1v) is 31.8. The molecule has 75 heavy (non-hydrogen) atoms. The molecule has 0 aliphatic carbocycles. The van der Waals surface area contributed by atoms with E-state index in [2.05, 4.69) is 43.5 Å². The second-order valence-corrected chi connectivity index (χ2v) is 22.1. The Bertz CT molecular complexity index is 1340. The topological polar surface area (TPSA) is 175 Å². The van der Waals surface area contributed by atoms with Crippen LogP contribution in [0.5, 0.6) is 0 Å². The fourth-order valence-electron chi connectivity index (χ4n) is 9.89. The molecule has 1 aliphatic rings. The Balaban J connectivity index is 1.98. The van der Waals surface area contributed by atoms with Gasteiger partial charge in [0.05, 0.1) is 32.0 Å². The minimum Gasteiger partial charge on any atom is -0.466 e. The highest BCUT2D eigenvalue weighted by Crippen LogP contribution is 2.23. The summed E-state index contributed by atoms with van der Waals surface area (Å²) < 4.78 is 16.7. The number of hydrogen-bond acceptors (Lipinski definition) is 10. The lowest BCUT2D eigenvalue weighted by Gasteiger charge is -2.40. The van der Waals surface area contributed by atoms with Crippen LogP contribution in [-0.2, 0) is 23.8 Å². The maximum Gasteiger partial charge on any atom is 0.305 e. The maximum atomic E-state index is 13.0. The number of ether oxygens (including phenoxy) is 3. The van der Waals surface area contributed by atoms with E-state index in [-0.39, 0.29) is 18.5 Å². The van der Waals surface area contributed by atoms with Crippen molar-refractivity contribution in [2.24, 2.45) is 0 Å². The molecule has 0 aromatic heterocycles. The van der Waals surface area contributed by atoms with Crippen LogP contribution in [0.25, 0.3) is 0 Å². The number of hydrogen-bond donors (Lipinski definition) is 6. The van der Waals surface area contributed by atoms with Gasteiger partial charge in [-0.25, -0.2) is 0 Å². The van der Waals surface area contributed by atoms with E-state index in [1.165, 1.54) is 212 Å². The van der Waals surface area contributed by atoms with Crippen LogP contribution in [0.1, 0.15) is 296 Å². The van der Waals surface area contributed by atoms with Gasteiger partial charge in [0.1, 0.15) is 24.4 Å². The molecule has 7 unspecified atom stereocenters. The third-order valence-corrected chi connectivity index (χ3v) is 15.0. The first kappa shape index (κ1) is 70.9. The molecule has 1 fully saturated rings. The van der Waals surface area contributed by atoms with Gasteiger partial charge in [-0.2, -0.15) is 0 Å². The molecule has 440 valence electrons.